The molecule has 4 rings (SSSR count). The first-order valence-corrected chi connectivity index (χ1v) is 11.1. The van der Waals surface area contributed by atoms with Gasteiger partial charge in [-0.3, -0.25) is 9.69 Å². The second kappa shape index (κ2) is 9.62. The van der Waals surface area contributed by atoms with Gasteiger partial charge >= 0.3 is 0 Å². The van der Waals surface area contributed by atoms with Gasteiger partial charge in [-0.1, -0.05) is 47.7 Å². The Kier molecular flexibility index (Phi) is 6.48. The van der Waals surface area contributed by atoms with E-state index in [1.165, 1.54) is 11.3 Å². The summed E-state index contributed by atoms with van der Waals surface area (Å²) in [7, 11) is 0. The lowest BCUT2D eigenvalue weighted by atomic mass is 10.1. The van der Waals surface area contributed by atoms with Crippen molar-refractivity contribution in [3.05, 3.63) is 83.9 Å². The summed E-state index contributed by atoms with van der Waals surface area (Å²) in [6.07, 6.45) is 0. The number of nitrogens with zero attached hydrogens (tertiary/aromatic N) is 2. The third-order valence-corrected chi connectivity index (χ3v) is 5.79. The van der Waals surface area contributed by atoms with Gasteiger partial charge in [0.1, 0.15) is 17.0 Å². The van der Waals surface area contributed by atoms with Crippen molar-refractivity contribution in [2.45, 2.75) is 20.4 Å². The van der Waals surface area contributed by atoms with Crippen molar-refractivity contribution in [2.24, 2.45) is 0 Å². The topological polar surface area (TPSA) is 51.7 Å². The Morgan fingerprint density at radius 1 is 0.903 bits per heavy atom. The Balaban J connectivity index is 1.73. The van der Waals surface area contributed by atoms with Crippen LogP contribution in [-0.2, 0) is 6.54 Å². The van der Waals surface area contributed by atoms with E-state index in [4.69, 9.17) is 14.5 Å². The first-order chi connectivity index (χ1) is 15.2. The van der Waals surface area contributed by atoms with Gasteiger partial charge in [0.15, 0.2) is 5.13 Å². The lowest BCUT2D eigenvalue weighted by Crippen LogP contribution is -2.30. The summed E-state index contributed by atoms with van der Waals surface area (Å²) in [4.78, 5) is 20.0. The number of anilines is 1. The molecule has 0 saturated carbocycles. The molecule has 31 heavy (non-hydrogen) atoms. The largest absolute Gasteiger partial charge is 0.494 e. The molecule has 5 nitrogen and oxygen atoms in total. The van der Waals surface area contributed by atoms with E-state index in [-0.39, 0.29) is 5.91 Å². The second-order valence-corrected chi connectivity index (χ2v) is 7.88. The van der Waals surface area contributed by atoms with E-state index in [9.17, 15) is 4.79 Å². The SMILES string of the molecule is CCOc1ccc(C(=O)N(Cc2ccccc2)c2nc3c(OCC)cccc3s2)cc1. The number of carbonyl (C=O) groups excluding carboxylic acids is 1. The molecule has 0 spiro atoms. The molecule has 0 fully saturated rings. The molecule has 0 atom stereocenters. The van der Waals surface area contributed by atoms with Crippen molar-refractivity contribution >= 4 is 32.6 Å². The molecule has 1 heterocycles. The fraction of sp³-hybridized carbons (Fsp3) is 0.200. The molecular formula is C25H24N2O3S. The predicted molar refractivity (Wildman–Crippen MR) is 125 cm³/mol. The van der Waals surface area contributed by atoms with Gasteiger partial charge in [-0.25, -0.2) is 4.98 Å². The quantitative estimate of drug-likeness (QED) is 0.346. The number of benzene rings is 3. The van der Waals surface area contributed by atoms with Gasteiger partial charge in [0, 0.05) is 5.56 Å². The molecule has 4 aromatic rings. The van der Waals surface area contributed by atoms with Gasteiger partial charge in [0.05, 0.1) is 24.5 Å². The monoisotopic (exact) mass is 432 g/mol. The van der Waals surface area contributed by atoms with Crippen LogP contribution in [-0.4, -0.2) is 24.1 Å². The Hall–Kier alpha value is -3.38. The van der Waals surface area contributed by atoms with Gasteiger partial charge in [0.25, 0.3) is 5.91 Å². The number of amides is 1. The zero-order chi connectivity index (χ0) is 21.6. The minimum Gasteiger partial charge on any atom is -0.494 e. The van der Waals surface area contributed by atoms with Crippen molar-refractivity contribution < 1.29 is 14.3 Å². The van der Waals surface area contributed by atoms with Crippen molar-refractivity contribution in [2.75, 3.05) is 18.1 Å². The predicted octanol–water partition coefficient (Wildman–Crippen LogP) is 5.94. The molecule has 0 unspecified atom stereocenters. The van der Waals surface area contributed by atoms with Crippen LogP contribution < -0.4 is 14.4 Å². The number of fused-ring (bicyclic) bond motifs is 1. The highest BCUT2D eigenvalue weighted by atomic mass is 32.1. The van der Waals surface area contributed by atoms with E-state index in [1.54, 1.807) is 17.0 Å². The molecule has 0 saturated heterocycles. The normalized spacial score (nSPS) is 10.8. The second-order valence-electron chi connectivity index (χ2n) is 6.87. The molecular weight excluding hydrogens is 408 g/mol. The van der Waals surface area contributed by atoms with E-state index in [0.717, 1.165) is 27.3 Å². The average molecular weight is 433 g/mol. The molecule has 3 aromatic carbocycles. The standard InChI is InChI=1S/C25H24N2O3S/c1-3-29-20-15-13-19(14-16-20)24(28)27(17-18-9-6-5-7-10-18)25-26-23-21(30-4-2)11-8-12-22(23)31-25/h5-16H,3-4,17H2,1-2H3. The number of ether oxygens (including phenoxy) is 2. The number of hydrogen-bond donors (Lipinski definition) is 0. The summed E-state index contributed by atoms with van der Waals surface area (Å²) in [6, 6.07) is 23.0. The highest BCUT2D eigenvalue weighted by Crippen LogP contribution is 2.35. The van der Waals surface area contributed by atoms with Gasteiger partial charge in [0.2, 0.25) is 0 Å². The lowest BCUT2D eigenvalue weighted by Gasteiger charge is -2.20. The zero-order valence-electron chi connectivity index (χ0n) is 17.6. The highest BCUT2D eigenvalue weighted by molar-refractivity contribution is 7.22. The molecule has 0 aliphatic carbocycles. The summed E-state index contributed by atoms with van der Waals surface area (Å²) in [6.45, 7) is 5.45. The van der Waals surface area contributed by atoms with Crippen LogP contribution in [0, 0.1) is 0 Å². The molecule has 0 N–H and O–H groups in total. The fourth-order valence-electron chi connectivity index (χ4n) is 3.31. The number of hydrogen-bond acceptors (Lipinski definition) is 5. The Bertz CT molecular complexity index is 1160. The molecule has 0 radical (unpaired) electrons. The van der Waals surface area contributed by atoms with E-state index >= 15 is 0 Å². The van der Waals surface area contributed by atoms with Crippen molar-refractivity contribution in [1.82, 2.24) is 4.98 Å². The van der Waals surface area contributed by atoms with Crippen molar-refractivity contribution in [1.29, 1.82) is 0 Å². The van der Waals surface area contributed by atoms with Gasteiger partial charge in [-0.05, 0) is 55.8 Å². The minimum atomic E-state index is -0.107. The van der Waals surface area contributed by atoms with E-state index in [0.29, 0.717) is 30.5 Å². The fourth-order valence-corrected chi connectivity index (χ4v) is 4.29. The maximum absolute atomic E-state index is 13.5. The molecule has 0 bridgehead atoms. The molecule has 1 amide bonds. The average Bonchev–Trinajstić information content (AvgIpc) is 3.24. The van der Waals surface area contributed by atoms with Gasteiger partial charge < -0.3 is 9.47 Å². The summed E-state index contributed by atoms with van der Waals surface area (Å²) < 4.78 is 12.2. The summed E-state index contributed by atoms with van der Waals surface area (Å²) in [5.74, 6) is 1.37. The minimum absolute atomic E-state index is 0.107. The van der Waals surface area contributed by atoms with Crippen LogP contribution >= 0.6 is 11.3 Å². The first kappa shape index (κ1) is 20.9. The molecule has 158 valence electrons. The summed E-state index contributed by atoms with van der Waals surface area (Å²) >= 11 is 1.49. The smallest absolute Gasteiger partial charge is 0.260 e. The molecule has 6 heteroatoms. The maximum atomic E-state index is 13.5. The number of rotatable bonds is 8. The van der Waals surface area contributed by atoms with Crippen molar-refractivity contribution in [3.63, 3.8) is 0 Å². The Morgan fingerprint density at radius 2 is 1.65 bits per heavy atom. The third kappa shape index (κ3) is 4.70. The summed E-state index contributed by atoms with van der Waals surface area (Å²) in [5.41, 5.74) is 2.40. The van der Waals surface area contributed by atoms with Crippen LogP contribution in [0.2, 0.25) is 0 Å². The number of thiazole rings is 1. The maximum Gasteiger partial charge on any atom is 0.260 e. The number of para-hydroxylation sites is 1. The van der Waals surface area contributed by atoms with Crippen LogP contribution in [0.15, 0.2) is 72.8 Å². The van der Waals surface area contributed by atoms with Crippen molar-refractivity contribution in [3.8, 4) is 11.5 Å². The van der Waals surface area contributed by atoms with Crippen LogP contribution in [0.5, 0.6) is 11.5 Å². The highest BCUT2D eigenvalue weighted by Gasteiger charge is 2.23. The van der Waals surface area contributed by atoms with Gasteiger partial charge in [-0.2, -0.15) is 0 Å². The summed E-state index contributed by atoms with van der Waals surface area (Å²) in [5, 5.41) is 0.643. The zero-order valence-corrected chi connectivity index (χ0v) is 18.4. The van der Waals surface area contributed by atoms with Crippen LogP contribution in [0.3, 0.4) is 0 Å². The molecule has 0 aliphatic heterocycles. The van der Waals surface area contributed by atoms with E-state index < -0.39 is 0 Å². The third-order valence-electron chi connectivity index (χ3n) is 4.74. The molecule has 1 aromatic heterocycles. The number of carbonyl (C=O) groups is 1. The van der Waals surface area contributed by atoms with E-state index in [2.05, 4.69) is 0 Å². The first-order valence-electron chi connectivity index (χ1n) is 10.3. The van der Waals surface area contributed by atoms with E-state index in [1.807, 2.05) is 74.5 Å². The van der Waals surface area contributed by atoms with Crippen LogP contribution in [0.4, 0.5) is 5.13 Å². The number of aromatic nitrogens is 1. The van der Waals surface area contributed by atoms with Gasteiger partial charge in [-0.15, -0.1) is 0 Å². The Morgan fingerprint density at radius 3 is 2.35 bits per heavy atom. The lowest BCUT2D eigenvalue weighted by molar-refractivity contribution is 0.0985. The van der Waals surface area contributed by atoms with Crippen LogP contribution in [0.1, 0.15) is 29.8 Å². The molecule has 0 aliphatic rings. The Labute approximate surface area is 185 Å². The van der Waals surface area contributed by atoms with Crippen LogP contribution in [0.25, 0.3) is 10.2 Å².